The van der Waals surface area contributed by atoms with Crippen LogP contribution in [0.25, 0.3) is 0 Å². The minimum absolute atomic E-state index is 0.286. The first kappa shape index (κ1) is 16.9. The van der Waals surface area contributed by atoms with Gasteiger partial charge in [0.1, 0.15) is 0 Å². The molecule has 1 aromatic rings. The summed E-state index contributed by atoms with van der Waals surface area (Å²) in [6, 6.07) is 0. The van der Waals surface area contributed by atoms with E-state index in [9.17, 15) is 0 Å². The van der Waals surface area contributed by atoms with Crippen LogP contribution in [0.5, 0.6) is 0 Å². The predicted octanol–water partition coefficient (Wildman–Crippen LogP) is 2.23. The first-order valence-electron chi connectivity index (χ1n) is 8.16. The lowest BCUT2D eigenvalue weighted by atomic mass is 9.96. The molecule has 1 aromatic heterocycles. The number of hydrogen-bond donors (Lipinski definition) is 1. The van der Waals surface area contributed by atoms with Crippen LogP contribution in [-0.2, 0) is 13.0 Å². The van der Waals surface area contributed by atoms with Crippen LogP contribution in [0.15, 0.2) is 5.38 Å². The van der Waals surface area contributed by atoms with E-state index in [1.165, 1.54) is 30.0 Å². The lowest BCUT2D eigenvalue weighted by Crippen LogP contribution is -2.38. The fraction of sp³-hybridized carbons (Fsp3) is 0.812. The van der Waals surface area contributed by atoms with Crippen molar-refractivity contribution in [2.75, 3.05) is 39.8 Å². The van der Waals surface area contributed by atoms with E-state index in [2.05, 4.69) is 29.2 Å². The fourth-order valence-corrected chi connectivity index (χ4v) is 3.96. The molecule has 0 saturated carbocycles. The third-order valence-electron chi connectivity index (χ3n) is 4.19. The van der Waals surface area contributed by atoms with Crippen molar-refractivity contribution in [2.24, 2.45) is 5.92 Å². The van der Waals surface area contributed by atoms with Gasteiger partial charge in [0.25, 0.3) is 0 Å². The van der Waals surface area contributed by atoms with Gasteiger partial charge in [0.05, 0.1) is 17.3 Å². The summed E-state index contributed by atoms with van der Waals surface area (Å²) >= 11 is 1.80. The molecule has 1 aliphatic heterocycles. The highest BCUT2D eigenvalue weighted by atomic mass is 32.1. The number of thiazole rings is 1. The van der Waals surface area contributed by atoms with E-state index in [4.69, 9.17) is 10.1 Å². The van der Waals surface area contributed by atoms with Crippen molar-refractivity contribution in [3.63, 3.8) is 0 Å². The Bertz CT molecular complexity index is 402. The van der Waals surface area contributed by atoms with Gasteiger partial charge in [0, 0.05) is 25.0 Å². The second-order valence-electron chi connectivity index (χ2n) is 6.19. The molecule has 5 heteroatoms. The third kappa shape index (κ3) is 5.66. The maximum Gasteiger partial charge on any atom is 0.0928 e. The summed E-state index contributed by atoms with van der Waals surface area (Å²) in [6.07, 6.45) is 4.79. The Labute approximate surface area is 132 Å². The van der Waals surface area contributed by atoms with Gasteiger partial charge in [-0.3, -0.25) is 0 Å². The van der Waals surface area contributed by atoms with Crippen molar-refractivity contribution in [1.82, 2.24) is 14.8 Å². The summed E-state index contributed by atoms with van der Waals surface area (Å²) in [7, 11) is 2.21. The normalized spacial score (nSPS) is 17.7. The quantitative estimate of drug-likeness (QED) is 0.799. The van der Waals surface area contributed by atoms with E-state index >= 15 is 0 Å². The molecule has 0 spiro atoms. The summed E-state index contributed by atoms with van der Waals surface area (Å²) in [6.45, 7) is 7.73. The second-order valence-corrected chi connectivity index (χ2v) is 7.13. The van der Waals surface area contributed by atoms with Crippen molar-refractivity contribution >= 4 is 11.3 Å². The number of aliphatic hydroxyl groups is 1. The molecular formula is C16H29N3OS. The molecule has 0 unspecified atom stereocenters. The first-order chi connectivity index (χ1) is 10.2. The largest absolute Gasteiger partial charge is 0.395 e. The molecule has 0 amide bonds. The Balaban J connectivity index is 1.70. The van der Waals surface area contributed by atoms with Crippen LogP contribution in [0.1, 0.15) is 36.9 Å². The third-order valence-corrected chi connectivity index (χ3v) is 5.15. The van der Waals surface area contributed by atoms with Crippen LogP contribution in [0.4, 0.5) is 0 Å². The van der Waals surface area contributed by atoms with E-state index in [1.54, 1.807) is 11.3 Å². The van der Waals surface area contributed by atoms with Gasteiger partial charge in [0.15, 0.2) is 0 Å². The van der Waals surface area contributed by atoms with Gasteiger partial charge in [-0.15, -0.1) is 11.3 Å². The second kappa shape index (κ2) is 8.83. The highest BCUT2D eigenvalue weighted by molar-refractivity contribution is 7.09. The molecule has 21 heavy (non-hydrogen) atoms. The van der Waals surface area contributed by atoms with Crippen molar-refractivity contribution < 1.29 is 5.11 Å². The zero-order chi connectivity index (χ0) is 15.1. The van der Waals surface area contributed by atoms with Crippen LogP contribution in [0, 0.1) is 5.92 Å². The molecule has 0 aromatic carbocycles. The van der Waals surface area contributed by atoms with Gasteiger partial charge in [-0.1, -0.05) is 6.92 Å². The van der Waals surface area contributed by atoms with Gasteiger partial charge < -0.3 is 14.9 Å². The average molecular weight is 311 g/mol. The Kier molecular flexibility index (Phi) is 7.10. The SMILES string of the molecule is CCCc1nc(CN(C)CC2CCN(CCO)CC2)cs1. The predicted molar refractivity (Wildman–Crippen MR) is 88.7 cm³/mol. The maximum atomic E-state index is 8.98. The molecule has 0 aliphatic carbocycles. The van der Waals surface area contributed by atoms with E-state index in [0.29, 0.717) is 0 Å². The molecule has 0 bridgehead atoms. The summed E-state index contributed by atoms with van der Waals surface area (Å²) in [5, 5.41) is 12.5. The molecule has 0 atom stereocenters. The zero-order valence-corrected chi connectivity index (χ0v) is 14.2. The smallest absolute Gasteiger partial charge is 0.0928 e. The zero-order valence-electron chi connectivity index (χ0n) is 13.4. The summed E-state index contributed by atoms with van der Waals surface area (Å²) < 4.78 is 0. The van der Waals surface area contributed by atoms with Gasteiger partial charge in [-0.2, -0.15) is 0 Å². The van der Waals surface area contributed by atoms with Gasteiger partial charge in [-0.25, -0.2) is 4.98 Å². The fourth-order valence-electron chi connectivity index (χ4n) is 3.07. The first-order valence-corrected chi connectivity index (χ1v) is 9.04. The monoisotopic (exact) mass is 311 g/mol. The van der Waals surface area contributed by atoms with E-state index in [-0.39, 0.29) is 6.61 Å². The van der Waals surface area contributed by atoms with E-state index in [0.717, 1.165) is 45.1 Å². The molecule has 1 saturated heterocycles. The van der Waals surface area contributed by atoms with Gasteiger partial charge >= 0.3 is 0 Å². The number of likely N-dealkylation sites (tertiary alicyclic amines) is 1. The van der Waals surface area contributed by atoms with Crippen LogP contribution < -0.4 is 0 Å². The number of piperidine rings is 1. The lowest BCUT2D eigenvalue weighted by Gasteiger charge is -2.33. The number of aliphatic hydroxyl groups excluding tert-OH is 1. The van der Waals surface area contributed by atoms with Crippen LogP contribution >= 0.6 is 11.3 Å². The molecule has 2 rings (SSSR count). The highest BCUT2D eigenvalue weighted by Gasteiger charge is 2.20. The van der Waals surface area contributed by atoms with Crippen molar-refractivity contribution in [3.05, 3.63) is 16.1 Å². The van der Waals surface area contributed by atoms with Crippen LogP contribution in [-0.4, -0.2) is 59.7 Å². The number of aromatic nitrogens is 1. The molecule has 1 fully saturated rings. The average Bonchev–Trinajstić information content (AvgIpc) is 2.89. The Hall–Kier alpha value is -0.490. The molecule has 0 radical (unpaired) electrons. The highest BCUT2D eigenvalue weighted by Crippen LogP contribution is 2.19. The Morgan fingerprint density at radius 2 is 2.19 bits per heavy atom. The molecule has 4 nitrogen and oxygen atoms in total. The number of rotatable bonds is 8. The number of nitrogens with zero attached hydrogens (tertiary/aromatic N) is 3. The molecule has 2 heterocycles. The maximum absolute atomic E-state index is 8.98. The van der Waals surface area contributed by atoms with Gasteiger partial charge in [0.2, 0.25) is 0 Å². The van der Waals surface area contributed by atoms with E-state index < -0.39 is 0 Å². The molecule has 120 valence electrons. The van der Waals surface area contributed by atoms with Crippen molar-refractivity contribution in [2.45, 2.75) is 39.2 Å². The van der Waals surface area contributed by atoms with Crippen molar-refractivity contribution in [3.8, 4) is 0 Å². The molecule has 1 aliphatic rings. The summed E-state index contributed by atoms with van der Waals surface area (Å²) in [4.78, 5) is 9.49. The summed E-state index contributed by atoms with van der Waals surface area (Å²) in [5.41, 5.74) is 1.23. The van der Waals surface area contributed by atoms with Crippen molar-refractivity contribution in [1.29, 1.82) is 0 Å². The summed E-state index contributed by atoms with van der Waals surface area (Å²) in [5.74, 6) is 0.790. The molecular weight excluding hydrogens is 282 g/mol. The van der Waals surface area contributed by atoms with Crippen LogP contribution in [0.2, 0.25) is 0 Å². The number of hydrogen-bond acceptors (Lipinski definition) is 5. The Morgan fingerprint density at radius 1 is 1.43 bits per heavy atom. The minimum atomic E-state index is 0.286. The van der Waals surface area contributed by atoms with Gasteiger partial charge in [-0.05, 0) is 51.7 Å². The minimum Gasteiger partial charge on any atom is -0.395 e. The Morgan fingerprint density at radius 3 is 2.86 bits per heavy atom. The topological polar surface area (TPSA) is 39.6 Å². The number of aryl methyl sites for hydroxylation is 1. The van der Waals surface area contributed by atoms with E-state index in [1.807, 2.05) is 0 Å². The molecule has 1 N–H and O–H groups in total. The number of β-amino-alcohol motifs (C(OH)–C–C–N with tert-alkyl or cyclic N) is 1. The lowest BCUT2D eigenvalue weighted by molar-refractivity contribution is 0.129. The van der Waals surface area contributed by atoms with Crippen LogP contribution in [0.3, 0.4) is 0 Å². The standard InChI is InChI=1S/C16H29N3OS/c1-3-4-16-17-15(13-21-16)12-18(2)11-14-5-7-19(8-6-14)9-10-20/h13-14,20H,3-12H2,1-2H3.